The molecule has 0 aliphatic rings. The standard InChI is InChI=1S/C9H8BrN3O2S/c1-4-7(8(14)15)5(2)13(12-4)9-11-6(10)3-16-9/h3H,1-2H3,(H,14,15). The smallest absolute Gasteiger partial charge is 0.339 e. The molecule has 16 heavy (non-hydrogen) atoms. The van der Waals surface area contributed by atoms with Gasteiger partial charge in [0.1, 0.15) is 10.2 Å². The van der Waals surface area contributed by atoms with Gasteiger partial charge in [-0.2, -0.15) is 5.10 Å². The first-order chi connectivity index (χ1) is 7.50. The fourth-order valence-electron chi connectivity index (χ4n) is 1.48. The second-order valence-corrected chi connectivity index (χ2v) is 4.86. The van der Waals surface area contributed by atoms with Crippen LogP contribution in [0.15, 0.2) is 9.98 Å². The Labute approximate surface area is 104 Å². The lowest BCUT2D eigenvalue weighted by atomic mass is 10.2. The average Bonchev–Trinajstić information content (AvgIpc) is 2.70. The van der Waals surface area contributed by atoms with Crippen molar-refractivity contribution in [3.8, 4) is 5.13 Å². The number of rotatable bonds is 2. The van der Waals surface area contributed by atoms with Crippen molar-refractivity contribution in [3.63, 3.8) is 0 Å². The maximum atomic E-state index is 11.0. The molecule has 2 aromatic rings. The van der Waals surface area contributed by atoms with Gasteiger partial charge in [-0.3, -0.25) is 0 Å². The van der Waals surface area contributed by atoms with Crippen molar-refractivity contribution in [1.29, 1.82) is 0 Å². The monoisotopic (exact) mass is 301 g/mol. The highest BCUT2D eigenvalue weighted by Crippen LogP contribution is 2.22. The van der Waals surface area contributed by atoms with E-state index in [9.17, 15) is 4.79 Å². The van der Waals surface area contributed by atoms with Gasteiger partial charge in [-0.25, -0.2) is 14.5 Å². The molecule has 0 amide bonds. The van der Waals surface area contributed by atoms with Crippen LogP contribution in [0.25, 0.3) is 5.13 Å². The summed E-state index contributed by atoms with van der Waals surface area (Å²) in [7, 11) is 0. The number of aromatic carboxylic acids is 1. The molecule has 0 unspecified atom stereocenters. The van der Waals surface area contributed by atoms with Crippen LogP contribution in [-0.4, -0.2) is 25.8 Å². The molecule has 2 aromatic heterocycles. The summed E-state index contributed by atoms with van der Waals surface area (Å²) in [5.74, 6) is -0.961. The molecule has 7 heteroatoms. The average molecular weight is 302 g/mol. The van der Waals surface area contributed by atoms with Crippen LogP contribution >= 0.6 is 27.3 Å². The van der Waals surface area contributed by atoms with Gasteiger partial charge in [0.05, 0.1) is 11.4 Å². The number of carbonyl (C=O) groups is 1. The zero-order valence-corrected chi connectivity index (χ0v) is 11.0. The van der Waals surface area contributed by atoms with Crippen molar-refractivity contribution in [3.05, 3.63) is 26.9 Å². The minimum atomic E-state index is -0.961. The van der Waals surface area contributed by atoms with E-state index in [1.54, 1.807) is 18.5 Å². The van der Waals surface area contributed by atoms with Crippen LogP contribution in [0.4, 0.5) is 0 Å². The zero-order valence-electron chi connectivity index (χ0n) is 8.56. The fourth-order valence-corrected chi connectivity index (χ4v) is 2.73. The molecule has 0 aliphatic heterocycles. The van der Waals surface area contributed by atoms with Gasteiger partial charge in [-0.1, -0.05) is 0 Å². The van der Waals surface area contributed by atoms with Crippen LogP contribution in [0.1, 0.15) is 21.7 Å². The number of hydrogen-bond acceptors (Lipinski definition) is 4. The third-order valence-corrected chi connectivity index (χ3v) is 3.68. The Balaban J connectivity index is 2.59. The summed E-state index contributed by atoms with van der Waals surface area (Å²) < 4.78 is 2.27. The predicted molar refractivity (Wildman–Crippen MR) is 63.4 cm³/mol. The molecule has 0 atom stereocenters. The first kappa shape index (κ1) is 11.3. The Bertz CT molecular complexity index is 561. The highest BCUT2D eigenvalue weighted by atomic mass is 79.9. The molecule has 0 aromatic carbocycles. The number of carboxylic acid groups (broad SMARTS) is 1. The lowest BCUT2D eigenvalue weighted by molar-refractivity contribution is 0.0695. The van der Waals surface area contributed by atoms with Crippen LogP contribution in [0.2, 0.25) is 0 Å². The molecule has 1 N–H and O–H groups in total. The third-order valence-electron chi connectivity index (χ3n) is 2.15. The second-order valence-electron chi connectivity index (χ2n) is 3.22. The number of halogens is 1. The maximum absolute atomic E-state index is 11.0. The van der Waals surface area contributed by atoms with E-state index in [1.807, 2.05) is 5.38 Å². The van der Waals surface area contributed by atoms with Crippen molar-refractivity contribution in [2.45, 2.75) is 13.8 Å². The van der Waals surface area contributed by atoms with E-state index in [1.165, 1.54) is 11.3 Å². The van der Waals surface area contributed by atoms with Gasteiger partial charge >= 0.3 is 5.97 Å². The summed E-state index contributed by atoms with van der Waals surface area (Å²) in [6, 6.07) is 0. The first-order valence-corrected chi connectivity index (χ1v) is 6.09. The molecule has 0 spiro atoms. The first-order valence-electron chi connectivity index (χ1n) is 4.41. The number of hydrogen-bond donors (Lipinski definition) is 1. The van der Waals surface area contributed by atoms with Crippen molar-refractivity contribution in [2.24, 2.45) is 0 Å². The van der Waals surface area contributed by atoms with Gasteiger partial charge in [0.15, 0.2) is 0 Å². The van der Waals surface area contributed by atoms with Crippen LogP contribution in [0, 0.1) is 13.8 Å². The van der Waals surface area contributed by atoms with Gasteiger partial charge in [0.2, 0.25) is 5.13 Å². The Kier molecular flexibility index (Phi) is 2.81. The molecule has 5 nitrogen and oxygen atoms in total. The van der Waals surface area contributed by atoms with Crippen molar-refractivity contribution in [1.82, 2.24) is 14.8 Å². The summed E-state index contributed by atoms with van der Waals surface area (Å²) in [5, 5.41) is 15.7. The molecule has 2 rings (SSSR count). The SMILES string of the molecule is Cc1nn(-c2nc(Br)cs2)c(C)c1C(=O)O. The van der Waals surface area contributed by atoms with E-state index in [-0.39, 0.29) is 5.56 Å². The highest BCUT2D eigenvalue weighted by molar-refractivity contribution is 9.10. The molecule has 0 saturated carbocycles. The molecule has 0 fully saturated rings. The number of aryl methyl sites for hydroxylation is 1. The summed E-state index contributed by atoms with van der Waals surface area (Å²) in [6.07, 6.45) is 0. The van der Waals surface area contributed by atoms with Crippen LogP contribution in [0.3, 0.4) is 0 Å². The van der Waals surface area contributed by atoms with Crippen LogP contribution < -0.4 is 0 Å². The van der Waals surface area contributed by atoms with Gasteiger partial charge < -0.3 is 5.11 Å². The molecule has 2 heterocycles. The molecular formula is C9H8BrN3O2S. The van der Waals surface area contributed by atoms with Gasteiger partial charge in [-0.15, -0.1) is 11.3 Å². The largest absolute Gasteiger partial charge is 0.478 e. The summed E-state index contributed by atoms with van der Waals surface area (Å²) in [4.78, 5) is 15.2. The number of aromatic nitrogens is 3. The summed E-state index contributed by atoms with van der Waals surface area (Å²) >= 11 is 4.65. The van der Waals surface area contributed by atoms with Gasteiger partial charge in [0.25, 0.3) is 0 Å². The lowest BCUT2D eigenvalue weighted by Gasteiger charge is -1.98. The molecule has 0 aliphatic carbocycles. The van der Waals surface area contributed by atoms with Crippen molar-refractivity contribution >= 4 is 33.2 Å². The highest BCUT2D eigenvalue weighted by Gasteiger charge is 2.19. The topological polar surface area (TPSA) is 68.0 Å². The van der Waals surface area contributed by atoms with Crippen LogP contribution in [0.5, 0.6) is 0 Å². The number of thiazole rings is 1. The molecule has 0 radical (unpaired) electrons. The maximum Gasteiger partial charge on any atom is 0.339 e. The second kappa shape index (κ2) is 3.99. The minimum absolute atomic E-state index is 0.242. The number of carboxylic acids is 1. The van der Waals surface area contributed by atoms with E-state index in [0.29, 0.717) is 16.5 Å². The predicted octanol–water partition coefficient (Wildman–Crippen LogP) is 2.41. The lowest BCUT2D eigenvalue weighted by Crippen LogP contribution is -2.02. The quantitative estimate of drug-likeness (QED) is 0.925. The van der Waals surface area contributed by atoms with E-state index in [0.717, 1.165) is 4.60 Å². The Hall–Kier alpha value is -1.21. The van der Waals surface area contributed by atoms with E-state index in [2.05, 4.69) is 26.0 Å². The fraction of sp³-hybridized carbons (Fsp3) is 0.222. The van der Waals surface area contributed by atoms with Gasteiger partial charge in [-0.05, 0) is 29.8 Å². The van der Waals surface area contributed by atoms with Crippen LogP contribution in [-0.2, 0) is 0 Å². The normalized spacial score (nSPS) is 10.7. The van der Waals surface area contributed by atoms with E-state index < -0.39 is 5.97 Å². The number of nitrogens with zero attached hydrogens (tertiary/aromatic N) is 3. The summed E-state index contributed by atoms with van der Waals surface area (Å²) in [6.45, 7) is 3.40. The Morgan fingerprint density at radius 3 is 2.69 bits per heavy atom. The molecular weight excluding hydrogens is 294 g/mol. The Morgan fingerprint density at radius 1 is 1.56 bits per heavy atom. The minimum Gasteiger partial charge on any atom is -0.478 e. The third kappa shape index (κ3) is 1.76. The van der Waals surface area contributed by atoms with E-state index >= 15 is 0 Å². The van der Waals surface area contributed by atoms with Crippen molar-refractivity contribution in [2.75, 3.05) is 0 Å². The zero-order chi connectivity index (χ0) is 11.9. The molecule has 0 bridgehead atoms. The molecule has 84 valence electrons. The van der Waals surface area contributed by atoms with Gasteiger partial charge in [0, 0.05) is 5.38 Å². The van der Waals surface area contributed by atoms with E-state index in [4.69, 9.17) is 5.11 Å². The van der Waals surface area contributed by atoms with Crippen molar-refractivity contribution < 1.29 is 9.90 Å². The Morgan fingerprint density at radius 2 is 2.25 bits per heavy atom. The molecule has 0 saturated heterocycles. The summed E-state index contributed by atoms with van der Waals surface area (Å²) in [5.41, 5.74) is 1.33.